The number of nitriles is 1. The molecule has 5 heteroatoms. The summed E-state index contributed by atoms with van der Waals surface area (Å²) in [4.78, 5) is 11.8. The van der Waals surface area contributed by atoms with Crippen molar-refractivity contribution in [1.82, 2.24) is 5.32 Å². The van der Waals surface area contributed by atoms with Crippen molar-refractivity contribution in [1.29, 1.82) is 5.26 Å². The smallest absolute Gasteiger partial charge is 0.221 e. The van der Waals surface area contributed by atoms with Gasteiger partial charge in [-0.1, -0.05) is 20.8 Å². The van der Waals surface area contributed by atoms with Gasteiger partial charge in [-0.05, 0) is 24.3 Å². The third-order valence-electron chi connectivity index (χ3n) is 2.70. The second-order valence-electron chi connectivity index (χ2n) is 5.61. The number of thioether (sulfide) groups is 2. The van der Waals surface area contributed by atoms with Gasteiger partial charge in [0, 0.05) is 16.9 Å². The molecular formula is C13H22N2OS2. The molecule has 1 N–H and O–H groups in total. The summed E-state index contributed by atoms with van der Waals surface area (Å²) in [6, 6.07) is 2.27. The van der Waals surface area contributed by atoms with E-state index in [-0.39, 0.29) is 10.7 Å². The maximum atomic E-state index is 11.8. The molecule has 102 valence electrons. The summed E-state index contributed by atoms with van der Waals surface area (Å²) in [5, 5.41) is 12.1. The molecule has 18 heavy (non-hydrogen) atoms. The molecule has 1 fully saturated rings. The zero-order valence-corrected chi connectivity index (χ0v) is 13.0. The van der Waals surface area contributed by atoms with Gasteiger partial charge in [-0.25, -0.2) is 0 Å². The predicted octanol–water partition coefficient (Wildman–Crippen LogP) is 2.81. The van der Waals surface area contributed by atoms with Crippen molar-refractivity contribution < 1.29 is 4.79 Å². The predicted molar refractivity (Wildman–Crippen MR) is 79.9 cm³/mol. The van der Waals surface area contributed by atoms with Crippen LogP contribution in [0.4, 0.5) is 0 Å². The second kappa shape index (κ2) is 6.72. The quantitative estimate of drug-likeness (QED) is 0.790. The highest BCUT2D eigenvalue weighted by Gasteiger charge is 2.35. The zero-order valence-electron chi connectivity index (χ0n) is 11.4. The molecule has 1 heterocycles. The van der Waals surface area contributed by atoms with Crippen LogP contribution in [-0.4, -0.2) is 33.5 Å². The molecule has 0 bridgehead atoms. The van der Waals surface area contributed by atoms with E-state index >= 15 is 0 Å². The number of hydrogen-bond acceptors (Lipinski definition) is 4. The monoisotopic (exact) mass is 286 g/mol. The Bertz CT molecular complexity index is 325. The summed E-state index contributed by atoms with van der Waals surface area (Å²) in [6.07, 6.45) is 2.18. The average molecular weight is 286 g/mol. The lowest BCUT2D eigenvalue weighted by Crippen LogP contribution is -2.47. The molecule has 1 atom stereocenters. The molecule has 0 radical (unpaired) electrons. The largest absolute Gasteiger partial charge is 0.337 e. The molecule has 0 aromatic carbocycles. The highest BCUT2D eigenvalue weighted by molar-refractivity contribution is 8.00. The molecule has 0 aliphatic carbocycles. The van der Waals surface area contributed by atoms with Gasteiger partial charge >= 0.3 is 0 Å². The lowest BCUT2D eigenvalue weighted by atomic mass is 10.0. The molecule has 1 aliphatic heterocycles. The third kappa shape index (κ3) is 5.53. The van der Waals surface area contributed by atoms with Crippen LogP contribution in [0.5, 0.6) is 0 Å². The minimum Gasteiger partial charge on any atom is -0.337 e. The second-order valence-corrected chi connectivity index (χ2v) is 8.64. The summed E-state index contributed by atoms with van der Waals surface area (Å²) < 4.78 is 0.256. The van der Waals surface area contributed by atoms with Crippen LogP contribution >= 0.6 is 23.5 Å². The Morgan fingerprint density at radius 1 is 1.56 bits per heavy atom. The van der Waals surface area contributed by atoms with E-state index in [0.717, 1.165) is 30.1 Å². The number of carbonyl (C=O) groups is 1. The number of nitrogens with zero attached hydrogens (tertiary/aromatic N) is 1. The van der Waals surface area contributed by atoms with E-state index in [1.54, 1.807) is 11.8 Å². The van der Waals surface area contributed by atoms with Crippen LogP contribution in [0, 0.1) is 11.3 Å². The van der Waals surface area contributed by atoms with Crippen LogP contribution in [0.25, 0.3) is 0 Å². The summed E-state index contributed by atoms with van der Waals surface area (Å²) >= 11 is 3.61. The van der Waals surface area contributed by atoms with Crippen LogP contribution in [0.2, 0.25) is 0 Å². The van der Waals surface area contributed by atoms with E-state index in [9.17, 15) is 4.79 Å². The molecule has 3 nitrogen and oxygen atoms in total. The number of hydrogen-bond donors (Lipinski definition) is 1. The molecule has 0 spiro atoms. The standard InChI is InChI=1S/C13H22N2OS2/c1-12(2,3)18-7-4-5-11(16)15-13(9-14)6-8-17-10-13/h4-8,10H2,1-3H3,(H,15,16)/t13-/m1/s1. The number of amides is 1. The van der Waals surface area contributed by atoms with Crippen LogP contribution < -0.4 is 5.32 Å². The van der Waals surface area contributed by atoms with Crippen molar-refractivity contribution >= 4 is 29.4 Å². The third-order valence-corrected chi connectivity index (χ3v) is 5.25. The van der Waals surface area contributed by atoms with E-state index in [1.165, 1.54) is 0 Å². The number of carbonyl (C=O) groups excluding carboxylic acids is 1. The fraction of sp³-hybridized carbons (Fsp3) is 0.846. The van der Waals surface area contributed by atoms with Crippen LogP contribution in [0.3, 0.4) is 0 Å². The summed E-state index contributed by atoms with van der Waals surface area (Å²) in [5.74, 6) is 2.71. The van der Waals surface area contributed by atoms with Gasteiger partial charge in [-0.3, -0.25) is 4.79 Å². The van der Waals surface area contributed by atoms with Gasteiger partial charge in [0.25, 0.3) is 0 Å². The molecule has 0 aromatic heterocycles. The van der Waals surface area contributed by atoms with E-state index in [1.807, 2.05) is 11.8 Å². The fourth-order valence-electron chi connectivity index (χ4n) is 1.72. The molecule has 0 unspecified atom stereocenters. The first-order chi connectivity index (χ1) is 8.37. The topological polar surface area (TPSA) is 52.9 Å². The zero-order chi connectivity index (χ0) is 13.6. The van der Waals surface area contributed by atoms with Crippen molar-refractivity contribution in [3.05, 3.63) is 0 Å². The van der Waals surface area contributed by atoms with Crippen LogP contribution in [0.1, 0.15) is 40.0 Å². The van der Waals surface area contributed by atoms with Gasteiger partial charge in [0.1, 0.15) is 5.54 Å². The highest BCUT2D eigenvalue weighted by atomic mass is 32.2. The first kappa shape index (κ1) is 15.7. The Labute approximate surface area is 118 Å². The van der Waals surface area contributed by atoms with Gasteiger partial charge < -0.3 is 5.32 Å². The van der Waals surface area contributed by atoms with Crippen molar-refractivity contribution in [2.24, 2.45) is 0 Å². The minimum atomic E-state index is -0.598. The molecule has 1 aliphatic rings. The summed E-state index contributed by atoms with van der Waals surface area (Å²) in [7, 11) is 0. The van der Waals surface area contributed by atoms with Gasteiger partial charge in [0.2, 0.25) is 5.91 Å². The lowest BCUT2D eigenvalue weighted by Gasteiger charge is -2.21. The van der Waals surface area contributed by atoms with Crippen molar-refractivity contribution in [2.75, 3.05) is 17.3 Å². The Kier molecular flexibility index (Phi) is 5.87. The van der Waals surface area contributed by atoms with E-state index in [4.69, 9.17) is 5.26 Å². The first-order valence-corrected chi connectivity index (χ1v) is 8.45. The maximum absolute atomic E-state index is 11.8. The Morgan fingerprint density at radius 3 is 2.78 bits per heavy atom. The van der Waals surface area contributed by atoms with Gasteiger partial charge in [0.05, 0.1) is 6.07 Å². The maximum Gasteiger partial charge on any atom is 0.221 e. The normalized spacial score (nSPS) is 23.7. The SMILES string of the molecule is CC(C)(C)SCCCC(=O)N[C@@]1(C#N)CCSC1. The highest BCUT2D eigenvalue weighted by Crippen LogP contribution is 2.27. The van der Waals surface area contributed by atoms with E-state index in [0.29, 0.717) is 6.42 Å². The van der Waals surface area contributed by atoms with E-state index in [2.05, 4.69) is 32.2 Å². The van der Waals surface area contributed by atoms with Gasteiger partial charge in [-0.2, -0.15) is 28.8 Å². The van der Waals surface area contributed by atoms with Crippen molar-refractivity contribution in [3.63, 3.8) is 0 Å². The fourth-order valence-corrected chi connectivity index (χ4v) is 3.89. The molecular weight excluding hydrogens is 264 g/mol. The Morgan fingerprint density at radius 2 is 2.28 bits per heavy atom. The Balaban J connectivity index is 2.24. The summed E-state index contributed by atoms with van der Waals surface area (Å²) in [6.45, 7) is 6.54. The molecule has 1 rings (SSSR count). The molecule has 0 aromatic rings. The number of nitrogens with one attached hydrogen (secondary N) is 1. The van der Waals surface area contributed by atoms with Crippen LogP contribution in [0.15, 0.2) is 0 Å². The molecule has 1 saturated heterocycles. The van der Waals surface area contributed by atoms with Gasteiger partial charge in [0.15, 0.2) is 0 Å². The first-order valence-electron chi connectivity index (χ1n) is 6.31. The minimum absolute atomic E-state index is 0.0218. The Hall–Kier alpha value is -0.340. The lowest BCUT2D eigenvalue weighted by molar-refractivity contribution is -0.122. The van der Waals surface area contributed by atoms with Gasteiger partial charge in [-0.15, -0.1) is 0 Å². The van der Waals surface area contributed by atoms with E-state index < -0.39 is 5.54 Å². The van der Waals surface area contributed by atoms with Crippen molar-refractivity contribution in [2.45, 2.75) is 50.3 Å². The molecule has 1 amide bonds. The van der Waals surface area contributed by atoms with Crippen molar-refractivity contribution in [3.8, 4) is 6.07 Å². The average Bonchev–Trinajstić information content (AvgIpc) is 2.72. The molecule has 0 saturated carbocycles. The summed E-state index contributed by atoms with van der Waals surface area (Å²) in [5.41, 5.74) is -0.598. The number of rotatable bonds is 5. The van der Waals surface area contributed by atoms with Crippen LogP contribution in [-0.2, 0) is 4.79 Å².